The summed E-state index contributed by atoms with van der Waals surface area (Å²) in [5, 5.41) is 18.7. The number of anilines is 1. The van der Waals surface area contributed by atoms with Crippen LogP contribution >= 0.6 is 0 Å². The largest absolute Gasteiger partial charge is 0.377 e. The lowest BCUT2D eigenvalue weighted by Crippen LogP contribution is -2.37. The molecule has 1 fully saturated rings. The third kappa shape index (κ3) is 3.31. The van der Waals surface area contributed by atoms with Crippen molar-refractivity contribution < 1.29 is 4.74 Å². The number of ether oxygens (including phenoxy) is 1. The minimum Gasteiger partial charge on any atom is -0.377 e. The number of nitrogens with one attached hydrogen (secondary N) is 1. The van der Waals surface area contributed by atoms with Crippen LogP contribution in [-0.4, -0.2) is 44.2 Å². The Bertz CT molecular complexity index is 1260. The Morgan fingerprint density at radius 2 is 1.90 bits per heavy atom. The van der Waals surface area contributed by atoms with E-state index in [1.807, 2.05) is 43.3 Å². The molecule has 30 heavy (non-hydrogen) atoms. The number of hydrogen-bond donors (Lipinski definition) is 1. The predicted octanol–water partition coefficient (Wildman–Crippen LogP) is 2.61. The Morgan fingerprint density at radius 3 is 2.73 bits per heavy atom. The highest BCUT2D eigenvalue weighted by atomic mass is 16.5. The fraction of sp³-hybridized carbons (Fsp3) is 0.227. The van der Waals surface area contributed by atoms with Crippen LogP contribution < -0.4 is 10.9 Å². The fourth-order valence-corrected chi connectivity index (χ4v) is 3.77. The van der Waals surface area contributed by atoms with E-state index in [4.69, 9.17) is 4.74 Å². The molecule has 1 saturated heterocycles. The molecule has 8 heteroatoms. The molecule has 4 heterocycles. The maximum Gasteiger partial charge on any atom is 0.267 e. The normalized spacial score (nSPS) is 18.6. The molecule has 1 N–H and O–H groups in total. The topological polar surface area (TPSA) is 94.8 Å². The van der Waals surface area contributed by atoms with Crippen molar-refractivity contribution in [1.29, 1.82) is 0 Å². The van der Waals surface area contributed by atoms with Gasteiger partial charge in [0.05, 0.1) is 30.6 Å². The Hall–Kier alpha value is -3.65. The van der Waals surface area contributed by atoms with Crippen LogP contribution in [-0.2, 0) is 4.74 Å². The van der Waals surface area contributed by atoms with Crippen molar-refractivity contribution in [2.45, 2.75) is 19.0 Å². The molecule has 0 radical (unpaired) electrons. The third-order valence-electron chi connectivity index (χ3n) is 5.34. The average Bonchev–Trinajstić information content (AvgIpc) is 3.25. The minimum atomic E-state index is -0.268. The maximum absolute atomic E-state index is 12.6. The summed E-state index contributed by atoms with van der Waals surface area (Å²) in [4.78, 5) is 16.8. The quantitative estimate of drug-likeness (QED) is 0.563. The second-order valence-corrected chi connectivity index (χ2v) is 7.28. The summed E-state index contributed by atoms with van der Waals surface area (Å²) in [6, 6.07) is 14.6. The molecule has 5 rings (SSSR count). The van der Waals surface area contributed by atoms with Gasteiger partial charge in [-0.15, -0.1) is 5.10 Å². The molecule has 1 aromatic carbocycles. The van der Waals surface area contributed by atoms with E-state index in [-0.39, 0.29) is 17.6 Å². The number of pyridine rings is 1. The molecule has 8 nitrogen and oxygen atoms in total. The van der Waals surface area contributed by atoms with E-state index in [0.29, 0.717) is 24.7 Å². The molecular formula is C22H20N6O2. The standard InChI is InChI=1S/C22H20N6O2/c1-14-16-6-2-3-7-17(16)22(26-25-14)24-19-12-30-13-20(19)28-21(29)9-8-18(27-28)15-5-4-10-23-11-15/h2-11,19-20H,12-13H2,1H3,(H,24,26). The Balaban J connectivity index is 1.50. The van der Waals surface area contributed by atoms with Gasteiger partial charge in [0.2, 0.25) is 0 Å². The van der Waals surface area contributed by atoms with Gasteiger partial charge in [-0.05, 0) is 25.1 Å². The van der Waals surface area contributed by atoms with Gasteiger partial charge in [0, 0.05) is 34.8 Å². The van der Waals surface area contributed by atoms with Gasteiger partial charge in [0.1, 0.15) is 6.04 Å². The first-order valence-electron chi connectivity index (χ1n) is 9.77. The molecule has 0 saturated carbocycles. The summed E-state index contributed by atoms with van der Waals surface area (Å²) in [6.45, 7) is 2.77. The molecule has 1 aliphatic rings. The van der Waals surface area contributed by atoms with Crippen molar-refractivity contribution in [1.82, 2.24) is 25.0 Å². The zero-order valence-corrected chi connectivity index (χ0v) is 16.4. The summed E-state index contributed by atoms with van der Waals surface area (Å²) in [7, 11) is 0. The second-order valence-electron chi connectivity index (χ2n) is 7.28. The molecule has 0 aliphatic carbocycles. The highest BCUT2D eigenvalue weighted by Gasteiger charge is 2.32. The van der Waals surface area contributed by atoms with E-state index < -0.39 is 0 Å². The molecule has 4 aromatic rings. The zero-order valence-electron chi connectivity index (χ0n) is 16.4. The number of rotatable bonds is 4. The van der Waals surface area contributed by atoms with Crippen molar-refractivity contribution in [2.75, 3.05) is 18.5 Å². The third-order valence-corrected chi connectivity index (χ3v) is 5.34. The Labute approximate surface area is 172 Å². The van der Waals surface area contributed by atoms with Crippen molar-refractivity contribution >= 4 is 16.6 Å². The van der Waals surface area contributed by atoms with Gasteiger partial charge < -0.3 is 10.1 Å². The van der Waals surface area contributed by atoms with Gasteiger partial charge in [0.15, 0.2) is 5.82 Å². The Morgan fingerprint density at radius 1 is 1.03 bits per heavy atom. The minimum absolute atomic E-state index is 0.167. The summed E-state index contributed by atoms with van der Waals surface area (Å²) in [5.41, 5.74) is 2.24. The summed E-state index contributed by atoms with van der Waals surface area (Å²) in [5.74, 6) is 0.674. The van der Waals surface area contributed by atoms with E-state index >= 15 is 0 Å². The summed E-state index contributed by atoms with van der Waals surface area (Å²) < 4.78 is 7.21. The SMILES string of the molecule is Cc1nnc(NC2COCC2n2nc(-c3cccnc3)ccc2=O)c2ccccc12. The summed E-state index contributed by atoms with van der Waals surface area (Å²) >= 11 is 0. The Kier molecular flexibility index (Phi) is 4.68. The highest BCUT2D eigenvalue weighted by molar-refractivity contribution is 5.92. The number of aryl methyl sites for hydroxylation is 1. The highest BCUT2D eigenvalue weighted by Crippen LogP contribution is 2.27. The molecule has 2 unspecified atom stereocenters. The van der Waals surface area contributed by atoms with E-state index in [2.05, 4.69) is 25.6 Å². The fourth-order valence-electron chi connectivity index (χ4n) is 3.77. The molecule has 3 aromatic heterocycles. The lowest BCUT2D eigenvalue weighted by atomic mass is 10.1. The number of nitrogens with zero attached hydrogens (tertiary/aromatic N) is 5. The molecular weight excluding hydrogens is 380 g/mol. The van der Waals surface area contributed by atoms with E-state index in [9.17, 15) is 4.79 Å². The molecule has 0 spiro atoms. The van der Waals surface area contributed by atoms with Crippen LogP contribution in [0.5, 0.6) is 0 Å². The van der Waals surface area contributed by atoms with Crippen LogP contribution in [0.3, 0.4) is 0 Å². The van der Waals surface area contributed by atoms with Crippen molar-refractivity contribution in [3.05, 3.63) is 77.0 Å². The predicted molar refractivity (Wildman–Crippen MR) is 113 cm³/mol. The van der Waals surface area contributed by atoms with Crippen LogP contribution in [0.1, 0.15) is 11.7 Å². The number of fused-ring (bicyclic) bond motifs is 1. The van der Waals surface area contributed by atoms with Crippen LogP contribution in [0.2, 0.25) is 0 Å². The van der Waals surface area contributed by atoms with Gasteiger partial charge in [-0.25, -0.2) is 4.68 Å². The lowest BCUT2D eigenvalue weighted by Gasteiger charge is -2.21. The number of aromatic nitrogens is 5. The van der Waals surface area contributed by atoms with Gasteiger partial charge in [-0.1, -0.05) is 24.3 Å². The van der Waals surface area contributed by atoms with Crippen LogP contribution in [0, 0.1) is 6.92 Å². The van der Waals surface area contributed by atoms with Crippen LogP contribution in [0.15, 0.2) is 65.7 Å². The van der Waals surface area contributed by atoms with E-state index in [0.717, 1.165) is 22.0 Å². The lowest BCUT2D eigenvalue weighted by molar-refractivity contribution is 0.183. The molecule has 2 atom stereocenters. The van der Waals surface area contributed by atoms with E-state index in [1.165, 1.54) is 10.7 Å². The second kappa shape index (κ2) is 7.64. The van der Waals surface area contributed by atoms with Crippen LogP contribution in [0.4, 0.5) is 5.82 Å². The zero-order chi connectivity index (χ0) is 20.5. The van der Waals surface area contributed by atoms with E-state index in [1.54, 1.807) is 18.5 Å². The number of benzene rings is 1. The average molecular weight is 400 g/mol. The molecule has 150 valence electrons. The van der Waals surface area contributed by atoms with Crippen molar-refractivity contribution in [3.8, 4) is 11.3 Å². The molecule has 0 amide bonds. The van der Waals surface area contributed by atoms with Gasteiger partial charge in [-0.3, -0.25) is 9.78 Å². The van der Waals surface area contributed by atoms with Gasteiger partial charge in [-0.2, -0.15) is 10.2 Å². The maximum atomic E-state index is 12.6. The van der Waals surface area contributed by atoms with Gasteiger partial charge in [0.25, 0.3) is 5.56 Å². The molecule has 0 bridgehead atoms. The molecule has 1 aliphatic heterocycles. The smallest absolute Gasteiger partial charge is 0.267 e. The number of hydrogen-bond acceptors (Lipinski definition) is 7. The van der Waals surface area contributed by atoms with Gasteiger partial charge >= 0.3 is 0 Å². The first kappa shape index (κ1) is 18.4. The summed E-state index contributed by atoms with van der Waals surface area (Å²) in [6.07, 6.45) is 3.43. The first-order chi connectivity index (χ1) is 14.7. The van der Waals surface area contributed by atoms with Crippen LogP contribution in [0.25, 0.3) is 22.0 Å². The monoisotopic (exact) mass is 400 g/mol. The van der Waals surface area contributed by atoms with Crippen molar-refractivity contribution in [2.24, 2.45) is 0 Å². The first-order valence-corrected chi connectivity index (χ1v) is 9.77. The van der Waals surface area contributed by atoms with Crippen molar-refractivity contribution in [3.63, 3.8) is 0 Å².